The van der Waals surface area contributed by atoms with Crippen molar-refractivity contribution in [2.45, 2.75) is 81.4 Å². The monoisotopic (exact) mass is 690 g/mol. The fourth-order valence-corrected chi connectivity index (χ4v) is 8.59. The van der Waals surface area contributed by atoms with Gasteiger partial charge in [-0.25, -0.2) is 13.1 Å². The van der Waals surface area contributed by atoms with E-state index in [1.807, 2.05) is 30.3 Å². The molecule has 0 bridgehead atoms. The first-order valence-electron chi connectivity index (χ1n) is 16.3. The molecule has 0 saturated carbocycles. The predicted octanol–water partition coefficient (Wildman–Crippen LogP) is 4.08. The van der Waals surface area contributed by atoms with Crippen LogP contribution in [-0.4, -0.2) is 89.0 Å². The van der Waals surface area contributed by atoms with Crippen LogP contribution in [0.2, 0.25) is 0 Å². The zero-order chi connectivity index (χ0) is 34.1. The molecular formula is C33H41F3N6O5S. The van der Waals surface area contributed by atoms with E-state index in [0.717, 1.165) is 41.6 Å². The maximum atomic E-state index is 14.2. The Hall–Kier alpha value is -3.53. The number of alkyl halides is 3. The summed E-state index contributed by atoms with van der Waals surface area (Å²) in [7, 11) is -4.63. The fourth-order valence-electron chi connectivity index (χ4n) is 6.80. The molecular weight excluding hydrogens is 649 g/mol. The molecule has 3 aliphatic rings. The van der Waals surface area contributed by atoms with E-state index < -0.39 is 50.3 Å². The maximum absolute atomic E-state index is 14.2. The van der Waals surface area contributed by atoms with E-state index >= 15 is 0 Å². The van der Waals surface area contributed by atoms with Crippen LogP contribution < -0.4 is 10.1 Å². The minimum Gasteiger partial charge on any atom is -0.492 e. The molecule has 2 fully saturated rings. The van der Waals surface area contributed by atoms with Crippen LogP contribution in [0.5, 0.6) is 5.75 Å². The van der Waals surface area contributed by atoms with E-state index in [1.165, 1.54) is 0 Å². The molecule has 3 aliphatic heterocycles. The number of nitrogens with one attached hydrogen (secondary N) is 1. The van der Waals surface area contributed by atoms with Gasteiger partial charge < -0.3 is 19.7 Å². The van der Waals surface area contributed by atoms with Gasteiger partial charge in [0.2, 0.25) is 15.9 Å². The molecule has 4 heterocycles. The predicted molar refractivity (Wildman–Crippen MR) is 169 cm³/mol. The highest BCUT2D eigenvalue weighted by Gasteiger charge is 2.48. The number of fused-ring (bicyclic) bond motifs is 2. The van der Waals surface area contributed by atoms with Gasteiger partial charge in [-0.3, -0.25) is 4.79 Å². The van der Waals surface area contributed by atoms with Crippen LogP contribution in [-0.2, 0) is 38.9 Å². The lowest BCUT2D eigenvalue weighted by Crippen LogP contribution is -2.59. The molecule has 6 rings (SSSR count). The molecule has 2 saturated heterocycles. The van der Waals surface area contributed by atoms with Crippen LogP contribution in [0, 0.1) is 5.92 Å². The Morgan fingerprint density at radius 2 is 1.85 bits per heavy atom. The number of ether oxygens (including phenoxy) is 2. The number of carbonyl (C=O) groups excluding carboxylic acids is 1. The molecule has 0 radical (unpaired) electrons. The Morgan fingerprint density at radius 3 is 2.56 bits per heavy atom. The van der Waals surface area contributed by atoms with Crippen LogP contribution in [0.15, 0.2) is 59.6 Å². The van der Waals surface area contributed by atoms with Gasteiger partial charge in [-0.2, -0.15) is 17.5 Å². The number of hydrogen-bond acceptors (Lipinski definition) is 8. The van der Waals surface area contributed by atoms with Crippen LogP contribution >= 0.6 is 0 Å². The first-order valence-corrected chi connectivity index (χ1v) is 17.7. The molecule has 1 N–H and O–H groups in total. The quantitative estimate of drug-likeness (QED) is 0.394. The molecule has 2 aromatic carbocycles. The van der Waals surface area contributed by atoms with Gasteiger partial charge in [-0.1, -0.05) is 49.4 Å². The SMILES string of the molecule is CC(C)CN1CCC2(CCOc3ccc(C(F)(F)F)cc3S(=O)(=O)N3C[C@H](OCc4cn(Cc5ccccc5)nn4)C[C@H]3C(=O)N2)CC1. The van der Waals surface area contributed by atoms with E-state index in [4.69, 9.17) is 9.47 Å². The topological polar surface area (TPSA) is 119 Å². The van der Waals surface area contributed by atoms with Crippen molar-refractivity contribution >= 4 is 15.9 Å². The maximum Gasteiger partial charge on any atom is 0.416 e. The van der Waals surface area contributed by atoms with Crippen molar-refractivity contribution in [2.24, 2.45) is 5.92 Å². The number of nitrogens with zero attached hydrogens (tertiary/aromatic N) is 5. The lowest BCUT2D eigenvalue weighted by molar-refractivity contribution is -0.137. The second-order valence-corrected chi connectivity index (χ2v) is 15.2. The Kier molecular flexibility index (Phi) is 9.85. The van der Waals surface area contributed by atoms with Crippen molar-refractivity contribution < 1.29 is 35.9 Å². The highest BCUT2D eigenvalue weighted by atomic mass is 32.2. The smallest absolute Gasteiger partial charge is 0.416 e. The summed E-state index contributed by atoms with van der Waals surface area (Å²) in [5.74, 6) is -0.195. The summed E-state index contributed by atoms with van der Waals surface area (Å²) < 4.78 is 84.3. The van der Waals surface area contributed by atoms with Crippen LogP contribution in [0.3, 0.4) is 0 Å². The number of carbonyl (C=O) groups is 1. The minimum atomic E-state index is -4.78. The van der Waals surface area contributed by atoms with Gasteiger partial charge in [-0.15, -0.1) is 5.10 Å². The average Bonchev–Trinajstić information content (AvgIpc) is 3.68. The van der Waals surface area contributed by atoms with Crippen molar-refractivity contribution in [1.29, 1.82) is 0 Å². The standard InChI is InChI=1S/C33H41F3N6O5S/c1-23(2)18-40-13-10-32(11-14-40)12-15-46-29-9-8-25(33(34,35)36)16-30(29)48(44,45)42-21-27(17-28(42)31(43)37-32)47-22-26-20-41(39-38-26)19-24-6-4-3-5-7-24/h3-9,16,20,23,27-28H,10-15,17-19,21-22H2,1-2H3,(H,37,43)/t27-,28+/m1/s1. The summed E-state index contributed by atoms with van der Waals surface area (Å²) in [4.78, 5) is 15.8. The molecule has 1 amide bonds. The second-order valence-electron chi connectivity index (χ2n) is 13.4. The largest absolute Gasteiger partial charge is 0.492 e. The lowest BCUT2D eigenvalue weighted by atomic mass is 9.83. The molecule has 15 heteroatoms. The number of aromatic nitrogens is 3. The number of amides is 1. The Bertz CT molecular complexity index is 1690. The zero-order valence-electron chi connectivity index (χ0n) is 27.0. The summed E-state index contributed by atoms with van der Waals surface area (Å²) in [6.07, 6.45) is -2.12. The molecule has 1 aromatic heterocycles. The van der Waals surface area contributed by atoms with Gasteiger partial charge in [0, 0.05) is 44.6 Å². The van der Waals surface area contributed by atoms with E-state index in [9.17, 15) is 26.4 Å². The van der Waals surface area contributed by atoms with Gasteiger partial charge in [0.05, 0.1) is 37.6 Å². The molecule has 260 valence electrons. The molecule has 0 aliphatic carbocycles. The molecule has 2 atom stereocenters. The van der Waals surface area contributed by atoms with Crippen LogP contribution in [0.25, 0.3) is 0 Å². The normalized spacial score (nSPS) is 23.2. The summed E-state index contributed by atoms with van der Waals surface area (Å²) in [5, 5.41) is 11.5. The van der Waals surface area contributed by atoms with Crippen LogP contribution in [0.1, 0.15) is 56.4 Å². The van der Waals surface area contributed by atoms with Crippen molar-refractivity contribution in [3.05, 3.63) is 71.5 Å². The Morgan fingerprint density at radius 1 is 1.10 bits per heavy atom. The number of piperidine rings is 1. The average molecular weight is 691 g/mol. The van der Waals surface area contributed by atoms with E-state index in [2.05, 4.69) is 34.4 Å². The summed E-state index contributed by atoms with van der Waals surface area (Å²) >= 11 is 0. The highest BCUT2D eigenvalue weighted by Crippen LogP contribution is 2.39. The van der Waals surface area contributed by atoms with Crippen LogP contribution in [0.4, 0.5) is 13.2 Å². The van der Waals surface area contributed by atoms with E-state index in [-0.39, 0.29) is 31.9 Å². The third-order valence-corrected chi connectivity index (χ3v) is 11.2. The molecule has 3 aromatic rings. The van der Waals surface area contributed by atoms with Gasteiger partial charge in [0.25, 0.3) is 0 Å². The molecule has 1 spiro atoms. The number of rotatable bonds is 7. The highest BCUT2D eigenvalue weighted by molar-refractivity contribution is 7.89. The Balaban J connectivity index is 1.26. The van der Waals surface area contributed by atoms with Crippen molar-refractivity contribution in [3.8, 4) is 5.75 Å². The number of hydrogen-bond donors (Lipinski definition) is 1. The summed E-state index contributed by atoms with van der Waals surface area (Å²) in [5.41, 5.74) is -0.228. The first kappa shape index (κ1) is 34.3. The molecule has 0 unspecified atom stereocenters. The fraction of sp³-hybridized carbons (Fsp3) is 0.545. The number of sulfonamides is 1. The van der Waals surface area contributed by atoms with Gasteiger partial charge >= 0.3 is 6.18 Å². The van der Waals surface area contributed by atoms with Crippen molar-refractivity contribution in [2.75, 3.05) is 32.8 Å². The molecule has 48 heavy (non-hydrogen) atoms. The summed E-state index contributed by atoms with van der Waals surface area (Å²) in [6.45, 7) is 7.01. The zero-order valence-corrected chi connectivity index (χ0v) is 27.8. The molecule has 11 nitrogen and oxygen atoms in total. The van der Waals surface area contributed by atoms with E-state index in [1.54, 1.807) is 10.9 Å². The first-order chi connectivity index (χ1) is 22.8. The van der Waals surface area contributed by atoms with Crippen molar-refractivity contribution in [1.82, 2.24) is 29.5 Å². The summed E-state index contributed by atoms with van der Waals surface area (Å²) in [6, 6.07) is 11.0. The van der Waals surface area contributed by atoms with E-state index in [0.29, 0.717) is 43.5 Å². The minimum absolute atomic E-state index is 0.00915. The number of benzene rings is 2. The second kappa shape index (κ2) is 13.8. The van der Waals surface area contributed by atoms with Gasteiger partial charge in [0.15, 0.2) is 0 Å². The van der Waals surface area contributed by atoms with Gasteiger partial charge in [0.1, 0.15) is 22.4 Å². The number of likely N-dealkylation sites (tertiary alicyclic amines) is 1. The van der Waals surface area contributed by atoms with Gasteiger partial charge in [-0.05, 0) is 42.5 Å². The number of halogens is 3. The third kappa shape index (κ3) is 7.69. The Labute approximate surface area is 278 Å². The lowest BCUT2D eigenvalue weighted by Gasteiger charge is -2.43. The van der Waals surface area contributed by atoms with Crippen molar-refractivity contribution in [3.63, 3.8) is 0 Å². The third-order valence-electron chi connectivity index (χ3n) is 9.28.